The van der Waals surface area contributed by atoms with E-state index in [9.17, 15) is 4.39 Å². The lowest BCUT2D eigenvalue weighted by molar-refractivity contribution is 0.115. The molecule has 0 radical (unpaired) electrons. The third-order valence-corrected chi connectivity index (χ3v) is 3.59. The number of hydrogen-bond acceptors (Lipinski definition) is 2. The zero-order chi connectivity index (χ0) is 15.1. The minimum atomic E-state index is -0.198. The van der Waals surface area contributed by atoms with Crippen LogP contribution in [0.1, 0.15) is 18.4 Å². The Morgan fingerprint density at radius 2 is 2.19 bits per heavy atom. The molecule has 2 rings (SSSR count). The molecule has 0 aliphatic heterocycles. The van der Waals surface area contributed by atoms with E-state index in [1.54, 1.807) is 19.2 Å². The van der Waals surface area contributed by atoms with Gasteiger partial charge in [0.2, 0.25) is 0 Å². The topological polar surface area (TPSA) is 36.9 Å². The van der Waals surface area contributed by atoms with Crippen molar-refractivity contribution in [3.05, 3.63) is 35.6 Å². The van der Waals surface area contributed by atoms with E-state index in [0.717, 1.165) is 25.0 Å². The summed E-state index contributed by atoms with van der Waals surface area (Å²) in [5.41, 5.74) is 0.636. The minimum absolute atomic E-state index is 0.198. The first-order valence-corrected chi connectivity index (χ1v) is 7.43. The lowest BCUT2D eigenvalue weighted by atomic mass is 10.2. The number of aliphatic imine (C=N–C) groups is 1. The molecule has 0 aromatic heterocycles. The summed E-state index contributed by atoms with van der Waals surface area (Å²) >= 11 is 0. The standard InChI is InChI=1S/C16H24FN3O/c1-18-16(19-11-14-5-3-4-6-15(14)17)20(2)9-10-21-12-13-7-8-13/h3-6,13H,7-12H2,1-2H3,(H,18,19). The summed E-state index contributed by atoms with van der Waals surface area (Å²) in [5, 5.41) is 3.17. The number of guanidine groups is 1. The van der Waals surface area contributed by atoms with Crippen LogP contribution in [0.15, 0.2) is 29.3 Å². The Morgan fingerprint density at radius 3 is 2.86 bits per heavy atom. The van der Waals surface area contributed by atoms with Gasteiger partial charge < -0.3 is 15.0 Å². The Hall–Kier alpha value is -1.62. The number of rotatable bonds is 7. The molecule has 116 valence electrons. The maximum absolute atomic E-state index is 13.6. The van der Waals surface area contributed by atoms with Gasteiger partial charge in [-0.05, 0) is 24.8 Å². The maximum atomic E-state index is 13.6. The first kappa shape index (κ1) is 15.8. The SMILES string of the molecule is CN=C(NCc1ccccc1F)N(C)CCOCC1CC1. The second-order valence-corrected chi connectivity index (χ2v) is 5.43. The molecular formula is C16H24FN3O. The van der Waals surface area contributed by atoms with Gasteiger partial charge in [-0.25, -0.2) is 4.39 Å². The molecule has 21 heavy (non-hydrogen) atoms. The fourth-order valence-corrected chi connectivity index (χ4v) is 2.04. The van der Waals surface area contributed by atoms with E-state index in [1.807, 2.05) is 18.0 Å². The second kappa shape index (κ2) is 7.98. The van der Waals surface area contributed by atoms with Crippen molar-refractivity contribution in [2.45, 2.75) is 19.4 Å². The normalized spacial score (nSPS) is 15.1. The van der Waals surface area contributed by atoms with Crippen LogP contribution in [-0.4, -0.2) is 44.7 Å². The average Bonchev–Trinajstić information content (AvgIpc) is 3.30. The summed E-state index contributed by atoms with van der Waals surface area (Å²) in [6, 6.07) is 6.76. The maximum Gasteiger partial charge on any atom is 0.193 e. The van der Waals surface area contributed by atoms with E-state index >= 15 is 0 Å². The highest BCUT2D eigenvalue weighted by Gasteiger charge is 2.21. The van der Waals surface area contributed by atoms with Gasteiger partial charge in [0.05, 0.1) is 6.61 Å². The van der Waals surface area contributed by atoms with E-state index in [-0.39, 0.29) is 5.82 Å². The highest BCUT2D eigenvalue weighted by molar-refractivity contribution is 5.79. The van der Waals surface area contributed by atoms with Crippen LogP contribution >= 0.6 is 0 Å². The molecule has 5 heteroatoms. The van der Waals surface area contributed by atoms with Crippen molar-refractivity contribution in [3.63, 3.8) is 0 Å². The second-order valence-electron chi connectivity index (χ2n) is 5.43. The summed E-state index contributed by atoms with van der Waals surface area (Å²) in [4.78, 5) is 6.21. The van der Waals surface area contributed by atoms with E-state index in [2.05, 4.69) is 10.3 Å². The fraction of sp³-hybridized carbons (Fsp3) is 0.562. The molecule has 0 bridgehead atoms. The number of nitrogens with zero attached hydrogens (tertiary/aromatic N) is 2. The molecule has 0 atom stereocenters. The quantitative estimate of drug-likeness (QED) is 0.476. The van der Waals surface area contributed by atoms with Gasteiger partial charge in [0.15, 0.2) is 5.96 Å². The molecule has 0 amide bonds. The Labute approximate surface area is 126 Å². The minimum Gasteiger partial charge on any atom is -0.379 e. The van der Waals surface area contributed by atoms with Crippen molar-refractivity contribution in [3.8, 4) is 0 Å². The molecule has 1 aromatic rings. The van der Waals surface area contributed by atoms with Crippen molar-refractivity contribution in [2.24, 2.45) is 10.9 Å². The van der Waals surface area contributed by atoms with Crippen LogP contribution in [0.3, 0.4) is 0 Å². The van der Waals surface area contributed by atoms with Crippen LogP contribution in [-0.2, 0) is 11.3 Å². The Bertz CT molecular complexity index is 474. The molecule has 1 aromatic carbocycles. The first-order valence-electron chi connectivity index (χ1n) is 7.43. The van der Waals surface area contributed by atoms with E-state index in [1.165, 1.54) is 18.9 Å². The predicted molar refractivity (Wildman–Crippen MR) is 82.8 cm³/mol. The number of likely N-dealkylation sites (N-methyl/N-ethyl adjacent to an activating group) is 1. The molecule has 0 spiro atoms. The number of halogens is 1. The molecule has 1 aliphatic rings. The number of hydrogen-bond donors (Lipinski definition) is 1. The third kappa shape index (κ3) is 5.34. The zero-order valence-electron chi connectivity index (χ0n) is 12.8. The van der Waals surface area contributed by atoms with Crippen LogP contribution in [0.25, 0.3) is 0 Å². The fourth-order valence-electron chi connectivity index (χ4n) is 2.04. The van der Waals surface area contributed by atoms with Gasteiger partial charge in [0, 0.05) is 39.4 Å². The summed E-state index contributed by atoms with van der Waals surface area (Å²) < 4.78 is 19.2. The Balaban J connectivity index is 1.72. The van der Waals surface area contributed by atoms with E-state index in [0.29, 0.717) is 18.7 Å². The molecule has 0 unspecified atom stereocenters. The molecule has 1 aliphatic carbocycles. The first-order chi connectivity index (χ1) is 10.2. The summed E-state index contributed by atoms with van der Waals surface area (Å²) in [6.45, 7) is 2.75. The third-order valence-electron chi connectivity index (χ3n) is 3.59. The van der Waals surface area contributed by atoms with Crippen LogP contribution in [0, 0.1) is 11.7 Å². The van der Waals surface area contributed by atoms with Gasteiger partial charge in [-0.1, -0.05) is 18.2 Å². The van der Waals surface area contributed by atoms with Crippen molar-refractivity contribution >= 4 is 5.96 Å². The molecule has 1 saturated carbocycles. The molecular weight excluding hydrogens is 269 g/mol. The number of benzene rings is 1. The highest BCUT2D eigenvalue weighted by Crippen LogP contribution is 2.28. The lowest BCUT2D eigenvalue weighted by Crippen LogP contribution is -2.40. The summed E-state index contributed by atoms with van der Waals surface area (Å²) in [6.07, 6.45) is 2.61. The van der Waals surface area contributed by atoms with Gasteiger partial charge in [-0.2, -0.15) is 0 Å². The van der Waals surface area contributed by atoms with Crippen molar-refractivity contribution in [1.29, 1.82) is 0 Å². The van der Waals surface area contributed by atoms with Gasteiger partial charge >= 0.3 is 0 Å². The van der Waals surface area contributed by atoms with Crippen molar-refractivity contribution < 1.29 is 9.13 Å². The van der Waals surface area contributed by atoms with Crippen LogP contribution in [0.5, 0.6) is 0 Å². The molecule has 0 heterocycles. The smallest absolute Gasteiger partial charge is 0.193 e. The van der Waals surface area contributed by atoms with Crippen LogP contribution in [0.2, 0.25) is 0 Å². The largest absolute Gasteiger partial charge is 0.379 e. The molecule has 4 nitrogen and oxygen atoms in total. The molecule has 0 saturated heterocycles. The monoisotopic (exact) mass is 293 g/mol. The summed E-state index contributed by atoms with van der Waals surface area (Å²) in [5.74, 6) is 1.33. The van der Waals surface area contributed by atoms with Crippen LogP contribution < -0.4 is 5.32 Å². The Kier molecular flexibility index (Phi) is 5.99. The highest BCUT2D eigenvalue weighted by atomic mass is 19.1. The zero-order valence-corrected chi connectivity index (χ0v) is 12.8. The van der Waals surface area contributed by atoms with Gasteiger partial charge in [-0.15, -0.1) is 0 Å². The Morgan fingerprint density at radius 1 is 1.43 bits per heavy atom. The van der Waals surface area contributed by atoms with E-state index < -0.39 is 0 Å². The van der Waals surface area contributed by atoms with Gasteiger partial charge in [0.25, 0.3) is 0 Å². The average molecular weight is 293 g/mol. The number of ether oxygens (including phenoxy) is 1. The lowest BCUT2D eigenvalue weighted by Gasteiger charge is -2.22. The predicted octanol–water partition coefficient (Wildman–Crippen LogP) is 2.26. The van der Waals surface area contributed by atoms with Gasteiger partial charge in [0.1, 0.15) is 5.82 Å². The van der Waals surface area contributed by atoms with Gasteiger partial charge in [-0.3, -0.25) is 4.99 Å². The van der Waals surface area contributed by atoms with Crippen LogP contribution in [0.4, 0.5) is 4.39 Å². The van der Waals surface area contributed by atoms with Crippen molar-refractivity contribution in [1.82, 2.24) is 10.2 Å². The molecule has 1 fully saturated rings. The molecule has 1 N–H and O–H groups in total. The van der Waals surface area contributed by atoms with E-state index in [4.69, 9.17) is 4.74 Å². The number of nitrogens with one attached hydrogen (secondary N) is 1. The summed E-state index contributed by atoms with van der Waals surface area (Å²) in [7, 11) is 3.68. The van der Waals surface area contributed by atoms with Crippen molar-refractivity contribution in [2.75, 3.05) is 33.9 Å².